The number of hydrogen-bond donors (Lipinski definition) is 2. The molecule has 0 spiro atoms. The molecular formula is C29H35F3N2O3S. The third-order valence-electron chi connectivity index (χ3n) is 7.21. The van der Waals surface area contributed by atoms with Crippen LogP contribution in [0.1, 0.15) is 47.0 Å². The minimum atomic E-state index is -4.61. The Morgan fingerprint density at radius 1 is 1.03 bits per heavy atom. The Morgan fingerprint density at radius 2 is 1.68 bits per heavy atom. The zero-order chi connectivity index (χ0) is 27.9. The molecule has 4 unspecified atom stereocenters. The van der Waals surface area contributed by atoms with Crippen LogP contribution in [0.5, 0.6) is 5.75 Å². The monoisotopic (exact) mass is 548 g/mol. The zero-order valence-corrected chi connectivity index (χ0v) is 22.9. The lowest BCUT2D eigenvalue weighted by atomic mass is 9.79. The van der Waals surface area contributed by atoms with Crippen LogP contribution in [-0.2, 0) is 9.53 Å². The number of alkyl halides is 3. The number of benzene rings is 2. The largest absolute Gasteiger partial charge is 0.490 e. The summed E-state index contributed by atoms with van der Waals surface area (Å²) < 4.78 is 55.0. The summed E-state index contributed by atoms with van der Waals surface area (Å²) in [5, 5.41) is 0.992. The van der Waals surface area contributed by atoms with Gasteiger partial charge in [-0.3, -0.25) is 4.79 Å². The highest BCUT2D eigenvalue weighted by Gasteiger charge is 2.56. The van der Waals surface area contributed by atoms with Crippen LogP contribution in [0.15, 0.2) is 54.6 Å². The summed E-state index contributed by atoms with van der Waals surface area (Å²) in [5.41, 5.74) is 11.5. The molecule has 3 aromatic rings. The van der Waals surface area contributed by atoms with Gasteiger partial charge in [0.2, 0.25) is 0 Å². The van der Waals surface area contributed by atoms with Gasteiger partial charge in [0.1, 0.15) is 23.9 Å². The lowest BCUT2D eigenvalue weighted by molar-refractivity contribution is -0.218. The molecule has 1 saturated carbocycles. The molecule has 4 atom stereocenters. The van der Waals surface area contributed by atoms with Crippen molar-refractivity contribution in [3.8, 4) is 16.2 Å². The molecule has 1 fully saturated rings. The van der Waals surface area contributed by atoms with Crippen LogP contribution in [-0.4, -0.2) is 35.9 Å². The molecule has 0 amide bonds. The van der Waals surface area contributed by atoms with Gasteiger partial charge >= 0.3 is 12.1 Å². The predicted molar refractivity (Wildman–Crippen MR) is 145 cm³/mol. The maximum Gasteiger partial charge on any atom is 0.398 e. The van der Waals surface area contributed by atoms with Crippen LogP contribution in [0.4, 0.5) is 13.2 Å². The van der Waals surface area contributed by atoms with Crippen molar-refractivity contribution in [2.24, 2.45) is 22.8 Å². The quantitative estimate of drug-likeness (QED) is 0.307. The van der Waals surface area contributed by atoms with Gasteiger partial charge in [-0.05, 0) is 82.2 Å². The Balaban J connectivity index is 1.50. The van der Waals surface area contributed by atoms with Crippen molar-refractivity contribution in [3.63, 3.8) is 0 Å². The first-order valence-corrected chi connectivity index (χ1v) is 13.5. The highest BCUT2D eigenvalue weighted by Crippen LogP contribution is 2.44. The second-order valence-corrected chi connectivity index (χ2v) is 12.5. The molecule has 1 aliphatic carbocycles. The van der Waals surface area contributed by atoms with E-state index in [0.29, 0.717) is 12.2 Å². The Labute approximate surface area is 225 Å². The minimum Gasteiger partial charge on any atom is -0.490 e. The first-order valence-electron chi connectivity index (χ1n) is 12.7. The number of halogens is 3. The Kier molecular flexibility index (Phi) is 7.85. The van der Waals surface area contributed by atoms with Crippen LogP contribution in [0.25, 0.3) is 20.5 Å². The van der Waals surface area contributed by atoms with E-state index in [1.54, 1.807) is 51.2 Å². The van der Waals surface area contributed by atoms with Crippen molar-refractivity contribution in [1.82, 2.24) is 0 Å². The normalized spacial score (nSPS) is 21.4. The first kappa shape index (κ1) is 28.4. The van der Waals surface area contributed by atoms with Gasteiger partial charge in [-0.2, -0.15) is 13.2 Å². The number of esters is 1. The van der Waals surface area contributed by atoms with E-state index in [9.17, 15) is 18.0 Å². The van der Waals surface area contributed by atoms with Gasteiger partial charge in [-0.25, -0.2) is 0 Å². The SMILES string of the molecule is CC(C)(N)CC(N)C(C)(C)C(=O)OC1CCC(Oc2ccc3cc(-c4ccccc4)sc3c2)C1C(F)(F)F. The smallest absolute Gasteiger partial charge is 0.398 e. The van der Waals surface area contributed by atoms with E-state index in [0.717, 1.165) is 20.5 Å². The summed E-state index contributed by atoms with van der Waals surface area (Å²) in [7, 11) is 0. The Hall–Kier alpha value is -2.62. The van der Waals surface area contributed by atoms with Crippen LogP contribution >= 0.6 is 11.3 Å². The molecule has 206 valence electrons. The highest BCUT2D eigenvalue weighted by atomic mass is 32.1. The molecule has 5 nitrogen and oxygen atoms in total. The molecule has 9 heteroatoms. The molecular weight excluding hydrogens is 513 g/mol. The Bertz CT molecular complexity index is 1270. The number of carbonyl (C=O) groups excluding carboxylic acids is 1. The summed E-state index contributed by atoms with van der Waals surface area (Å²) in [6, 6.07) is 16.6. The number of fused-ring (bicyclic) bond motifs is 1. The number of thiophene rings is 1. The van der Waals surface area contributed by atoms with Gasteiger partial charge < -0.3 is 20.9 Å². The van der Waals surface area contributed by atoms with Crippen LogP contribution in [0, 0.1) is 11.3 Å². The van der Waals surface area contributed by atoms with E-state index in [1.807, 2.05) is 36.4 Å². The predicted octanol–water partition coefficient (Wildman–Crippen LogP) is 6.68. The fourth-order valence-electron chi connectivity index (χ4n) is 4.88. The van der Waals surface area contributed by atoms with Crippen LogP contribution in [0.2, 0.25) is 0 Å². The van der Waals surface area contributed by atoms with E-state index in [4.69, 9.17) is 20.9 Å². The van der Waals surface area contributed by atoms with Gasteiger partial charge in [0.05, 0.1) is 5.41 Å². The van der Waals surface area contributed by atoms with Crippen molar-refractivity contribution in [2.45, 2.75) is 76.9 Å². The molecule has 0 saturated heterocycles. The third-order valence-corrected chi connectivity index (χ3v) is 8.36. The molecule has 2 aromatic carbocycles. The maximum absolute atomic E-state index is 14.2. The number of hydrogen-bond acceptors (Lipinski definition) is 6. The molecule has 4 N–H and O–H groups in total. The second-order valence-electron chi connectivity index (χ2n) is 11.4. The number of ether oxygens (including phenoxy) is 2. The molecule has 38 heavy (non-hydrogen) atoms. The van der Waals surface area contributed by atoms with Crippen LogP contribution < -0.4 is 16.2 Å². The van der Waals surface area contributed by atoms with Crippen molar-refractivity contribution < 1.29 is 27.4 Å². The molecule has 0 radical (unpaired) electrons. The maximum atomic E-state index is 14.2. The summed E-state index contributed by atoms with van der Waals surface area (Å²) in [6.45, 7) is 6.72. The van der Waals surface area contributed by atoms with E-state index >= 15 is 0 Å². The van der Waals surface area contributed by atoms with Crippen molar-refractivity contribution >= 4 is 27.4 Å². The van der Waals surface area contributed by atoms with Crippen molar-refractivity contribution in [1.29, 1.82) is 0 Å². The number of carbonyl (C=O) groups is 1. The summed E-state index contributed by atoms with van der Waals surface area (Å²) in [5.74, 6) is -2.34. The molecule has 0 bridgehead atoms. The van der Waals surface area contributed by atoms with Crippen molar-refractivity contribution in [3.05, 3.63) is 54.6 Å². The lowest BCUT2D eigenvalue weighted by Gasteiger charge is -2.35. The van der Waals surface area contributed by atoms with E-state index < -0.39 is 47.3 Å². The fraction of sp³-hybridized carbons (Fsp3) is 0.483. The second kappa shape index (κ2) is 10.5. The minimum absolute atomic E-state index is 0.0493. The lowest BCUT2D eigenvalue weighted by Crippen LogP contribution is -2.51. The van der Waals surface area contributed by atoms with Gasteiger partial charge in [0.25, 0.3) is 0 Å². The zero-order valence-electron chi connectivity index (χ0n) is 22.0. The molecule has 4 rings (SSSR count). The van der Waals surface area contributed by atoms with Crippen molar-refractivity contribution in [2.75, 3.05) is 0 Å². The highest BCUT2D eigenvalue weighted by molar-refractivity contribution is 7.22. The van der Waals surface area contributed by atoms with E-state index in [1.165, 1.54) is 0 Å². The summed E-state index contributed by atoms with van der Waals surface area (Å²) in [6.07, 6.45) is -6.65. The van der Waals surface area contributed by atoms with E-state index in [2.05, 4.69) is 6.07 Å². The molecule has 0 aliphatic heterocycles. The number of rotatable bonds is 8. The van der Waals surface area contributed by atoms with Gasteiger partial charge in [-0.1, -0.05) is 30.3 Å². The molecule has 1 aliphatic rings. The Morgan fingerprint density at radius 3 is 2.32 bits per heavy atom. The average molecular weight is 549 g/mol. The number of nitrogens with two attached hydrogens (primary N) is 2. The average Bonchev–Trinajstić information content (AvgIpc) is 3.42. The van der Waals surface area contributed by atoms with Gasteiger partial charge in [-0.15, -0.1) is 11.3 Å². The van der Waals surface area contributed by atoms with Gasteiger partial charge in [0, 0.05) is 21.2 Å². The summed E-state index contributed by atoms with van der Waals surface area (Å²) in [4.78, 5) is 14.1. The van der Waals surface area contributed by atoms with E-state index in [-0.39, 0.29) is 12.8 Å². The standard InChI is InChI=1S/C29H35F3N2O3S/c1-27(2,34)16-24(33)28(3,4)26(35)37-21-13-12-20(25(21)29(30,31)32)36-19-11-10-18-14-22(38-23(18)15-19)17-8-6-5-7-9-17/h5-11,14-15,20-21,24-25H,12-13,16,33-34H2,1-4H3. The molecule has 1 heterocycles. The summed E-state index contributed by atoms with van der Waals surface area (Å²) >= 11 is 1.55. The fourth-order valence-corrected chi connectivity index (χ4v) is 5.98. The third kappa shape index (κ3) is 6.33. The topological polar surface area (TPSA) is 87.6 Å². The van der Waals surface area contributed by atoms with Gasteiger partial charge in [0.15, 0.2) is 0 Å². The first-order chi connectivity index (χ1) is 17.6. The van der Waals surface area contributed by atoms with Crippen LogP contribution in [0.3, 0.4) is 0 Å². The molecule has 1 aromatic heterocycles.